The van der Waals surface area contributed by atoms with Gasteiger partial charge in [-0.1, -0.05) is 30.3 Å². The molecule has 0 aliphatic carbocycles. The Kier molecular flexibility index (Phi) is 3.28. The van der Waals surface area contributed by atoms with Crippen LogP contribution >= 0.6 is 0 Å². The molecular weight excluding hydrogens is 217 g/mol. The van der Waals surface area contributed by atoms with E-state index in [1.165, 1.54) is 6.07 Å². The van der Waals surface area contributed by atoms with Crippen LogP contribution in [0.25, 0.3) is 0 Å². The predicted octanol–water partition coefficient (Wildman–Crippen LogP) is 3.70. The Morgan fingerprint density at radius 2 is 1.71 bits per heavy atom. The largest absolute Gasteiger partial charge is 0.508 e. The lowest BCUT2D eigenvalue weighted by atomic mass is 10.1. The van der Waals surface area contributed by atoms with Gasteiger partial charge in [-0.05, 0) is 25.1 Å². The van der Waals surface area contributed by atoms with Crippen molar-refractivity contribution in [1.29, 1.82) is 0 Å². The number of para-hydroxylation sites is 2. The van der Waals surface area contributed by atoms with Crippen molar-refractivity contribution in [2.45, 2.75) is 13.0 Å². The van der Waals surface area contributed by atoms with Crippen molar-refractivity contribution in [2.24, 2.45) is 0 Å². The second-order valence-electron chi connectivity index (χ2n) is 3.90. The van der Waals surface area contributed by atoms with Gasteiger partial charge in [-0.2, -0.15) is 0 Å². The second kappa shape index (κ2) is 4.87. The van der Waals surface area contributed by atoms with Crippen LogP contribution in [0.3, 0.4) is 0 Å². The van der Waals surface area contributed by atoms with Crippen molar-refractivity contribution in [2.75, 3.05) is 5.32 Å². The monoisotopic (exact) mass is 231 g/mol. The lowest BCUT2D eigenvalue weighted by Gasteiger charge is -2.17. The van der Waals surface area contributed by atoms with Crippen molar-refractivity contribution in [3.63, 3.8) is 0 Å². The Labute approximate surface area is 99.7 Å². The first kappa shape index (κ1) is 11.5. The molecular formula is C14H14FNO. The van der Waals surface area contributed by atoms with E-state index in [1.807, 2.05) is 19.1 Å². The van der Waals surface area contributed by atoms with Gasteiger partial charge in [-0.15, -0.1) is 0 Å². The fourth-order valence-corrected chi connectivity index (χ4v) is 1.74. The molecule has 2 aromatic rings. The standard InChI is InChI=1S/C14H14FNO/c1-10(11-6-2-5-9-14(11)17)16-13-8-4-3-7-12(13)15/h2-10,16-17H,1H3. The lowest BCUT2D eigenvalue weighted by Crippen LogP contribution is -2.07. The Morgan fingerprint density at radius 1 is 1.06 bits per heavy atom. The van der Waals surface area contributed by atoms with E-state index in [0.29, 0.717) is 5.69 Å². The Hall–Kier alpha value is -2.03. The molecule has 88 valence electrons. The maximum atomic E-state index is 13.4. The second-order valence-corrected chi connectivity index (χ2v) is 3.90. The molecule has 0 bridgehead atoms. The van der Waals surface area contributed by atoms with E-state index in [9.17, 15) is 9.50 Å². The van der Waals surface area contributed by atoms with E-state index in [4.69, 9.17) is 0 Å². The number of aromatic hydroxyl groups is 1. The zero-order chi connectivity index (χ0) is 12.3. The van der Waals surface area contributed by atoms with Crippen molar-refractivity contribution >= 4 is 5.69 Å². The van der Waals surface area contributed by atoms with Gasteiger partial charge in [0.25, 0.3) is 0 Å². The molecule has 3 heteroatoms. The number of halogens is 1. The van der Waals surface area contributed by atoms with Gasteiger partial charge in [0.05, 0.1) is 11.7 Å². The summed E-state index contributed by atoms with van der Waals surface area (Å²) in [7, 11) is 0. The van der Waals surface area contributed by atoms with Gasteiger partial charge in [0, 0.05) is 5.56 Å². The summed E-state index contributed by atoms with van der Waals surface area (Å²) >= 11 is 0. The molecule has 0 spiro atoms. The third-order valence-electron chi connectivity index (χ3n) is 2.65. The molecule has 0 aliphatic heterocycles. The normalized spacial score (nSPS) is 12.1. The Bertz CT molecular complexity index is 513. The van der Waals surface area contributed by atoms with E-state index in [-0.39, 0.29) is 17.6 Å². The van der Waals surface area contributed by atoms with Gasteiger partial charge in [-0.25, -0.2) is 4.39 Å². The fourth-order valence-electron chi connectivity index (χ4n) is 1.74. The van der Waals surface area contributed by atoms with Crippen LogP contribution in [-0.2, 0) is 0 Å². The molecule has 2 N–H and O–H groups in total. The van der Waals surface area contributed by atoms with Gasteiger partial charge in [0.15, 0.2) is 0 Å². The number of phenols is 1. The van der Waals surface area contributed by atoms with Gasteiger partial charge in [0.1, 0.15) is 11.6 Å². The predicted molar refractivity (Wildman–Crippen MR) is 66.5 cm³/mol. The molecule has 0 fully saturated rings. The van der Waals surface area contributed by atoms with Crippen LogP contribution < -0.4 is 5.32 Å². The average molecular weight is 231 g/mol. The summed E-state index contributed by atoms with van der Waals surface area (Å²) in [6.45, 7) is 1.88. The quantitative estimate of drug-likeness (QED) is 0.844. The van der Waals surface area contributed by atoms with Crippen LogP contribution in [0, 0.1) is 5.82 Å². The number of hydrogen-bond acceptors (Lipinski definition) is 2. The molecule has 2 nitrogen and oxygen atoms in total. The van der Waals surface area contributed by atoms with Crippen LogP contribution in [0.15, 0.2) is 48.5 Å². The number of nitrogens with one attached hydrogen (secondary N) is 1. The van der Waals surface area contributed by atoms with E-state index < -0.39 is 0 Å². The highest BCUT2D eigenvalue weighted by atomic mass is 19.1. The van der Waals surface area contributed by atoms with Gasteiger partial charge >= 0.3 is 0 Å². The molecule has 1 unspecified atom stereocenters. The molecule has 0 saturated heterocycles. The molecule has 0 amide bonds. The minimum atomic E-state index is -0.297. The first-order valence-corrected chi connectivity index (χ1v) is 5.47. The Morgan fingerprint density at radius 3 is 2.41 bits per heavy atom. The summed E-state index contributed by atoms with van der Waals surface area (Å²) in [5.41, 5.74) is 1.18. The van der Waals surface area contributed by atoms with Gasteiger partial charge in [-0.3, -0.25) is 0 Å². The van der Waals surface area contributed by atoms with Crippen LogP contribution in [-0.4, -0.2) is 5.11 Å². The maximum absolute atomic E-state index is 13.4. The topological polar surface area (TPSA) is 32.3 Å². The SMILES string of the molecule is CC(Nc1ccccc1F)c1ccccc1O. The zero-order valence-electron chi connectivity index (χ0n) is 9.52. The third kappa shape index (κ3) is 2.56. The molecule has 2 aromatic carbocycles. The lowest BCUT2D eigenvalue weighted by molar-refractivity contribution is 0.465. The van der Waals surface area contributed by atoms with Gasteiger partial charge in [0.2, 0.25) is 0 Å². The average Bonchev–Trinajstić information content (AvgIpc) is 2.32. The third-order valence-corrected chi connectivity index (χ3v) is 2.65. The smallest absolute Gasteiger partial charge is 0.146 e. The van der Waals surface area contributed by atoms with Crippen LogP contribution in [0.4, 0.5) is 10.1 Å². The van der Waals surface area contributed by atoms with Crippen molar-refractivity contribution in [3.05, 3.63) is 59.9 Å². The molecule has 0 heterocycles. The highest BCUT2D eigenvalue weighted by Crippen LogP contribution is 2.27. The number of rotatable bonds is 3. The minimum absolute atomic E-state index is 0.159. The van der Waals surface area contributed by atoms with E-state index >= 15 is 0 Å². The zero-order valence-corrected chi connectivity index (χ0v) is 9.52. The fraction of sp³-hybridized carbons (Fsp3) is 0.143. The molecule has 2 rings (SSSR count). The van der Waals surface area contributed by atoms with E-state index in [1.54, 1.807) is 30.3 Å². The van der Waals surface area contributed by atoms with Crippen LogP contribution in [0.1, 0.15) is 18.5 Å². The minimum Gasteiger partial charge on any atom is -0.508 e. The molecule has 17 heavy (non-hydrogen) atoms. The summed E-state index contributed by atoms with van der Waals surface area (Å²) in [5, 5.41) is 12.7. The summed E-state index contributed by atoms with van der Waals surface area (Å²) in [6, 6.07) is 13.4. The first-order chi connectivity index (χ1) is 8.18. The van der Waals surface area contributed by atoms with Crippen molar-refractivity contribution < 1.29 is 9.50 Å². The molecule has 0 radical (unpaired) electrons. The van der Waals surface area contributed by atoms with E-state index in [0.717, 1.165) is 5.56 Å². The number of anilines is 1. The number of benzene rings is 2. The molecule has 0 aromatic heterocycles. The first-order valence-electron chi connectivity index (χ1n) is 5.47. The number of phenolic OH excluding ortho intramolecular Hbond substituents is 1. The molecule has 0 saturated carbocycles. The van der Waals surface area contributed by atoms with E-state index in [2.05, 4.69) is 5.32 Å². The van der Waals surface area contributed by atoms with Crippen molar-refractivity contribution in [1.82, 2.24) is 0 Å². The van der Waals surface area contributed by atoms with Crippen LogP contribution in [0.2, 0.25) is 0 Å². The molecule has 0 aliphatic rings. The summed E-state index contributed by atoms with van der Waals surface area (Å²) in [4.78, 5) is 0. The molecule has 1 atom stereocenters. The number of hydrogen-bond donors (Lipinski definition) is 2. The highest BCUT2D eigenvalue weighted by Gasteiger charge is 2.10. The maximum Gasteiger partial charge on any atom is 0.146 e. The Balaban J connectivity index is 2.20. The summed E-state index contributed by atoms with van der Waals surface area (Å²) in [5.74, 6) is -0.0846. The highest BCUT2D eigenvalue weighted by molar-refractivity contribution is 5.48. The summed E-state index contributed by atoms with van der Waals surface area (Å²) in [6.07, 6.45) is 0. The van der Waals surface area contributed by atoms with Crippen molar-refractivity contribution in [3.8, 4) is 5.75 Å². The summed E-state index contributed by atoms with van der Waals surface area (Å²) < 4.78 is 13.4. The van der Waals surface area contributed by atoms with Crippen LogP contribution in [0.5, 0.6) is 5.75 Å². The van der Waals surface area contributed by atoms with Gasteiger partial charge < -0.3 is 10.4 Å².